The van der Waals surface area contributed by atoms with E-state index in [2.05, 4.69) is 15.2 Å². The molecular weight excluding hydrogens is 220 g/mol. The van der Waals surface area contributed by atoms with Crippen LogP contribution in [0.25, 0.3) is 0 Å². The molecule has 15 heavy (non-hydrogen) atoms. The molecule has 0 aliphatic carbocycles. The molecule has 1 aromatic rings. The molecule has 1 saturated heterocycles. The van der Waals surface area contributed by atoms with Crippen LogP contribution in [-0.4, -0.2) is 36.1 Å². The van der Waals surface area contributed by atoms with E-state index in [0.717, 1.165) is 42.5 Å². The van der Waals surface area contributed by atoms with Crippen molar-refractivity contribution in [1.29, 1.82) is 0 Å². The number of hydrogen-bond acceptors (Lipinski definition) is 4. The summed E-state index contributed by atoms with van der Waals surface area (Å²) < 4.78 is 24.6. The Kier molecular flexibility index (Phi) is 3.61. The van der Waals surface area contributed by atoms with Crippen molar-refractivity contribution >= 4 is 11.3 Å². The molecule has 0 unspecified atom stereocenters. The highest BCUT2D eigenvalue weighted by molar-refractivity contribution is 7.11. The fourth-order valence-electron chi connectivity index (χ4n) is 1.56. The molecule has 0 bridgehead atoms. The van der Waals surface area contributed by atoms with E-state index in [0.29, 0.717) is 6.54 Å². The molecule has 0 saturated carbocycles. The van der Waals surface area contributed by atoms with Crippen molar-refractivity contribution in [2.75, 3.05) is 26.2 Å². The summed E-state index contributed by atoms with van der Waals surface area (Å²) in [5.41, 5.74) is 0. The van der Waals surface area contributed by atoms with Gasteiger partial charge in [0.2, 0.25) is 0 Å². The molecule has 2 heterocycles. The van der Waals surface area contributed by atoms with Crippen molar-refractivity contribution in [1.82, 2.24) is 15.2 Å². The number of rotatable bonds is 3. The first-order valence-corrected chi connectivity index (χ1v) is 5.73. The van der Waals surface area contributed by atoms with Crippen LogP contribution in [0.4, 0.5) is 8.78 Å². The summed E-state index contributed by atoms with van der Waals surface area (Å²) in [6.45, 7) is 4.55. The molecule has 6 heteroatoms. The van der Waals surface area contributed by atoms with Crippen molar-refractivity contribution < 1.29 is 8.78 Å². The molecule has 1 aliphatic rings. The molecule has 1 fully saturated rings. The maximum absolute atomic E-state index is 12.3. The molecule has 1 aliphatic heterocycles. The van der Waals surface area contributed by atoms with Gasteiger partial charge in [-0.15, -0.1) is 11.3 Å². The molecule has 1 aromatic heterocycles. The number of piperazine rings is 1. The number of hydrogen-bond donors (Lipinski definition) is 1. The molecule has 0 amide bonds. The fraction of sp³-hybridized carbons (Fsp3) is 0.667. The van der Waals surface area contributed by atoms with Crippen molar-refractivity contribution in [2.24, 2.45) is 0 Å². The van der Waals surface area contributed by atoms with Gasteiger partial charge in [-0.25, -0.2) is 13.8 Å². The summed E-state index contributed by atoms with van der Waals surface area (Å²) in [6, 6.07) is 0. The van der Waals surface area contributed by atoms with E-state index in [4.69, 9.17) is 0 Å². The Morgan fingerprint density at radius 3 is 2.80 bits per heavy atom. The topological polar surface area (TPSA) is 28.2 Å². The van der Waals surface area contributed by atoms with Gasteiger partial charge in [-0.3, -0.25) is 4.90 Å². The molecule has 0 aromatic carbocycles. The molecule has 84 valence electrons. The van der Waals surface area contributed by atoms with Crippen LogP contribution in [0.3, 0.4) is 0 Å². The van der Waals surface area contributed by atoms with Gasteiger partial charge in [-0.1, -0.05) is 0 Å². The first kappa shape index (κ1) is 10.9. The average molecular weight is 233 g/mol. The van der Waals surface area contributed by atoms with Crippen molar-refractivity contribution in [3.8, 4) is 0 Å². The maximum Gasteiger partial charge on any atom is 0.274 e. The van der Waals surface area contributed by atoms with Crippen LogP contribution in [0.2, 0.25) is 0 Å². The number of alkyl halides is 2. The zero-order valence-corrected chi connectivity index (χ0v) is 9.07. The summed E-state index contributed by atoms with van der Waals surface area (Å²) in [4.78, 5) is 6.30. The summed E-state index contributed by atoms with van der Waals surface area (Å²) in [7, 11) is 0. The highest BCUT2D eigenvalue weighted by atomic mass is 32.1. The molecular formula is C9H13F2N3S. The first-order chi connectivity index (χ1) is 7.25. The van der Waals surface area contributed by atoms with Crippen molar-refractivity contribution in [2.45, 2.75) is 13.0 Å². The van der Waals surface area contributed by atoms with Crippen LogP contribution in [-0.2, 0) is 6.54 Å². The predicted octanol–water partition coefficient (Wildman–Crippen LogP) is 1.49. The van der Waals surface area contributed by atoms with E-state index in [-0.39, 0.29) is 4.88 Å². The van der Waals surface area contributed by atoms with E-state index >= 15 is 0 Å². The Morgan fingerprint density at radius 2 is 2.20 bits per heavy atom. The summed E-state index contributed by atoms with van der Waals surface area (Å²) in [6.07, 6.45) is -1.10. The summed E-state index contributed by atoms with van der Waals surface area (Å²) in [5.74, 6) is 0. The lowest BCUT2D eigenvalue weighted by molar-refractivity contribution is 0.155. The van der Waals surface area contributed by atoms with Gasteiger partial charge < -0.3 is 5.32 Å². The van der Waals surface area contributed by atoms with Gasteiger partial charge in [0.05, 0.1) is 11.4 Å². The quantitative estimate of drug-likeness (QED) is 0.857. The van der Waals surface area contributed by atoms with Gasteiger partial charge >= 0.3 is 0 Å². The second-order valence-electron chi connectivity index (χ2n) is 3.48. The Balaban J connectivity index is 1.91. The number of aromatic nitrogens is 1. The van der Waals surface area contributed by atoms with E-state index in [1.165, 1.54) is 6.20 Å². The van der Waals surface area contributed by atoms with Crippen LogP contribution in [0, 0.1) is 0 Å². The number of thiazole rings is 1. The lowest BCUT2D eigenvalue weighted by Gasteiger charge is -2.26. The van der Waals surface area contributed by atoms with E-state index in [1.54, 1.807) is 0 Å². The zero-order chi connectivity index (χ0) is 10.7. The number of halogens is 2. The third kappa shape index (κ3) is 2.93. The van der Waals surface area contributed by atoms with Crippen molar-refractivity contribution in [3.63, 3.8) is 0 Å². The first-order valence-electron chi connectivity index (χ1n) is 4.91. The van der Waals surface area contributed by atoms with E-state index < -0.39 is 6.43 Å². The highest BCUT2D eigenvalue weighted by Gasteiger charge is 2.15. The third-order valence-corrected chi connectivity index (χ3v) is 3.34. The van der Waals surface area contributed by atoms with Crippen LogP contribution in [0.1, 0.15) is 16.3 Å². The summed E-state index contributed by atoms with van der Waals surface area (Å²) in [5, 5.41) is 4.03. The second kappa shape index (κ2) is 4.96. The minimum absolute atomic E-state index is 0.0696. The molecule has 2 rings (SSSR count). The Morgan fingerprint density at radius 1 is 1.47 bits per heavy atom. The normalized spacial score (nSPS) is 18.6. The molecule has 1 N–H and O–H groups in total. The predicted molar refractivity (Wildman–Crippen MR) is 55.2 cm³/mol. The van der Waals surface area contributed by atoms with Gasteiger partial charge in [-0.05, 0) is 0 Å². The van der Waals surface area contributed by atoms with E-state index in [9.17, 15) is 8.78 Å². The van der Waals surface area contributed by atoms with Crippen LogP contribution in [0.5, 0.6) is 0 Å². The van der Waals surface area contributed by atoms with Gasteiger partial charge in [0.25, 0.3) is 6.43 Å². The van der Waals surface area contributed by atoms with Crippen LogP contribution >= 0.6 is 11.3 Å². The maximum atomic E-state index is 12.3. The van der Waals surface area contributed by atoms with Gasteiger partial charge in [0.1, 0.15) is 5.01 Å². The molecule has 0 spiro atoms. The highest BCUT2D eigenvalue weighted by Crippen LogP contribution is 2.25. The standard InChI is InChI=1S/C9H13F2N3S/c10-9(11)7-5-13-8(15-7)6-14-3-1-12-2-4-14/h5,9,12H,1-4,6H2. The van der Waals surface area contributed by atoms with E-state index in [1.807, 2.05) is 0 Å². The van der Waals surface area contributed by atoms with Gasteiger partial charge in [0, 0.05) is 32.4 Å². The largest absolute Gasteiger partial charge is 0.314 e. The molecule has 0 atom stereocenters. The Bertz CT molecular complexity index is 310. The molecule has 3 nitrogen and oxygen atoms in total. The number of nitrogens with zero attached hydrogens (tertiary/aromatic N) is 2. The smallest absolute Gasteiger partial charge is 0.274 e. The monoisotopic (exact) mass is 233 g/mol. The molecule has 0 radical (unpaired) electrons. The van der Waals surface area contributed by atoms with Crippen LogP contribution < -0.4 is 5.32 Å². The number of nitrogens with one attached hydrogen (secondary N) is 1. The van der Waals surface area contributed by atoms with Gasteiger partial charge in [0.15, 0.2) is 0 Å². The Hall–Kier alpha value is -0.590. The lowest BCUT2D eigenvalue weighted by Crippen LogP contribution is -2.42. The van der Waals surface area contributed by atoms with Crippen LogP contribution in [0.15, 0.2) is 6.20 Å². The fourth-order valence-corrected chi connectivity index (χ4v) is 2.38. The second-order valence-corrected chi connectivity index (χ2v) is 4.63. The zero-order valence-electron chi connectivity index (χ0n) is 8.25. The third-order valence-electron chi connectivity index (χ3n) is 2.36. The van der Waals surface area contributed by atoms with Gasteiger partial charge in [-0.2, -0.15) is 0 Å². The Labute approximate surface area is 91.1 Å². The lowest BCUT2D eigenvalue weighted by atomic mass is 10.3. The SMILES string of the molecule is FC(F)c1cnc(CN2CCNCC2)s1. The minimum Gasteiger partial charge on any atom is -0.314 e. The summed E-state index contributed by atoms with van der Waals surface area (Å²) >= 11 is 1.11. The average Bonchev–Trinajstić information content (AvgIpc) is 2.68. The van der Waals surface area contributed by atoms with Crippen molar-refractivity contribution in [3.05, 3.63) is 16.1 Å². The minimum atomic E-state index is -2.39.